The summed E-state index contributed by atoms with van der Waals surface area (Å²) in [5, 5.41) is 6.76. The first-order valence-electron chi connectivity index (χ1n) is 8.32. The van der Waals surface area contributed by atoms with Crippen LogP contribution in [0.15, 0.2) is 28.7 Å². The molecule has 1 aliphatic carbocycles. The molecule has 0 atom stereocenters. The highest BCUT2D eigenvalue weighted by Crippen LogP contribution is 2.22. The van der Waals surface area contributed by atoms with Crippen LogP contribution in [0.2, 0.25) is 0 Å². The number of halogens is 1. The van der Waals surface area contributed by atoms with Crippen LogP contribution in [0.25, 0.3) is 0 Å². The van der Waals surface area contributed by atoms with E-state index in [-0.39, 0.29) is 11.9 Å². The summed E-state index contributed by atoms with van der Waals surface area (Å²) in [5.74, 6) is -0.250. The fraction of sp³-hybridized carbons (Fsp3) is 0.444. The summed E-state index contributed by atoms with van der Waals surface area (Å²) in [6, 6.07) is 5.10. The smallest absolute Gasteiger partial charge is 0.203 e. The van der Waals surface area contributed by atoms with Crippen LogP contribution in [-0.4, -0.2) is 17.3 Å². The highest BCUT2D eigenvalue weighted by Gasteiger charge is 2.14. The van der Waals surface area contributed by atoms with Gasteiger partial charge in [-0.3, -0.25) is 5.43 Å². The molecule has 1 aromatic heterocycles. The predicted octanol–water partition coefficient (Wildman–Crippen LogP) is 4.89. The van der Waals surface area contributed by atoms with E-state index in [4.69, 9.17) is 4.74 Å². The lowest BCUT2D eigenvalue weighted by Crippen LogP contribution is -2.16. The number of hydrogen-bond acceptors (Lipinski definition) is 5. The lowest BCUT2D eigenvalue weighted by atomic mass is 9.98. The van der Waals surface area contributed by atoms with Crippen LogP contribution in [0.5, 0.6) is 0 Å². The van der Waals surface area contributed by atoms with Gasteiger partial charge in [0.15, 0.2) is 0 Å². The van der Waals surface area contributed by atoms with Crippen LogP contribution in [0.4, 0.5) is 9.52 Å². The molecule has 128 valence electrons. The Morgan fingerprint density at radius 3 is 2.92 bits per heavy atom. The van der Waals surface area contributed by atoms with Crippen molar-refractivity contribution in [1.82, 2.24) is 4.98 Å². The Bertz CT molecular complexity index is 695. The Kier molecular flexibility index (Phi) is 5.93. The standard InChI is InChI=1S/C18H22FN3OS/c1-13-12-24-18(21-13)22-20-10-14-7-8-15(17(19)9-14)11-23-16-5-3-2-4-6-16/h7-10,12,16H,2-6,11H2,1H3,(H,21,22). The number of hydrazone groups is 1. The minimum atomic E-state index is -0.250. The number of hydrogen-bond donors (Lipinski definition) is 1. The van der Waals surface area contributed by atoms with Crippen molar-refractivity contribution in [1.29, 1.82) is 0 Å². The van der Waals surface area contributed by atoms with Gasteiger partial charge >= 0.3 is 0 Å². The molecule has 4 nitrogen and oxygen atoms in total. The third kappa shape index (κ3) is 4.85. The number of nitrogens with zero attached hydrogens (tertiary/aromatic N) is 2. The largest absolute Gasteiger partial charge is 0.373 e. The quantitative estimate of drug-likeness (QED) is 0.598. The average Bonchev–Trinajstić information content (AvgIpc) is 3.00. The molecule has 1 aromatic carbocycles. The summed E-state index contributed by atoms with van der Waals surface area (Å²) in [7, 11) is 0. The van der Waals surface area contributed by atoms with E-state index in [0.717, 1.165) is 23.7 Å². The molecule has 3 rings (SSSR count). The van der Waals surface area contributed by atoms with Crippen molar-refractivity contribution in [2.24, 2.45) is 5.10 Å². The summed E-state index contributed by atoms with van der Waals surface area (Å²) in [6.45, 7) is 2.26. The number of thiazole rings is 1. The van der Waals surface area contributed by atoms with Gasteiger partial charge in [0.1, 0.15) is 5.82 Å². The van der Waals surface area contributed by atoms with Crippen molar-refractivity contribution in [2.75, 3.05) is 5.43 Å². The van der Waals surface area contributed by atoms with Gasteiger partial charge < -0.3 is 4.74 Å². The summed E-state index contributed by atoms with van der Waals surface area (Å²) < 4.78 is 20.0. The lowest BCUT2D eigenvalue weighted by Gasteiger charge is -2.22. The first kappa shape index (κ1) is 17.0. The van der Waals surface area contributed by atoms with Gasteiger partial charge in [-0.2, -0.15) is 5.10 Å². The molecule has 1 aliphatic rings. The maximum Gasteiger partial charge on any atom is 0.203 e. The van der Waals surface area contributed by atoms with Crippen LogP contribution >= 0.6 is 11.3 Å². The molecule has 24 heavy (non-hydrogen) atoms. The number of aromatic nitrogens is 1. The molecule has 0 bridgehead atoms. The Morgan fingerprint density at radius 2 is 2.21 bits per heavy atom. The molecule has 0 unspecified atom stereocenters. The van der Waals surface area contributed by atoms with Gasteiger partial charge in [0.05, 0.1) is 24.6 Å². The fourth-order valence-electron chi connectivity index (χ4n) is 2.77. The Hall–Kier alpha value is -1.79. The molecule has 2 aromatic rings. The van der Waals surface area contributed by atoms with Crippen molar-refractivity contribution in [3.8, 4) is 0 Å². The molecule has 1 heterocycles. The van der Waals surface area contributed by atoms with E-state index in [1.165, 1.54) is 36.7 Å². The molecule has 1 saturated carbocycles. The normalized spacial score (nSPS) is 15.9. The van der Waals surface area contributed by atoms with Crippen LogP contribution in [0.3, 0.4) is 0 Å². The van der Waals surface area contributed by atoms with Crippen molar-refractivity contribution in [2.45, 2.75) is 51.7 Å². The molecule has 1 N–H and O–H groups in total. The van der Waals surface area contributed by atoms with Gasteiger partial charge in [0, 0.05) is 10.9 Å². The highest BCUT2D eigenvalue weighted by atomic mass is 32.1. The van der Waals surface area contributed by atoms with E-state index < -0.39 is 0 Å². The Morgan fingerprint density at radius 1 is 1.38 bits per heavy atom. The number of aryl methyl sites for hydroxylation is 1. The van der Waals surface area contributed by atoms with Crippen molar-refractivity contribution < 1.29 is 9.13 Å². The minimum absolute atomic E-state index is 0.250. The lowest BCUT2D eigenvalue weighted by molar-refractivity contribution is 0.0156. The molecule has 0 amide bonds. The second kappa shape index (κ2) is 8.35. The van der Waals surface area contributed by atoms with E-state index in [9.17, 15) is 4.39 Å². The Labute approximate surface area is 145 Å². The summed E-state index contributed by atoms with van der Waals surface area (Å²) >= 11 is 1.48. The van der Waals surface area contributed by atoms with Gasteiger partial charge in [0.2, 0.25) is 5.13 Å². The second-order valence-corrected chi connectivity index (χ2v) is 6.94. The number of rotatable bonds is 6. The van der Waals surface area contributed by atoms with Crippen LogP contribution in [0, 0.1) is 12.7 Å². The maximum atomic E-state index is 14.2. The summed E-state index contributed by atoms with van der Waals surface area (Å²) in [5.41, 5.74) is 5.10. The highest BCUT2D eigenvalue weighted by molar-refractivity contribution is 7.13. The van der Waals surface area contributed by atoms with Crippen LogP contribution < -0.4 is 5.43 Å². The zero-order valence-electron chi connectivity index (χ0n) is 13.8. The summed E-state index contributed by atoms with van der Waals surface area (Å²) in [6.07, 6.45) is 7.78. The second-order valence-electron chi connectivity index (χ2n) is 6.09. The average molecular weight is 347 g/mol. The van der Waals surface area contributed by atoms with Gasteiger partial charge in [-0.15, -0.1) is 11.3 Å². The molecule has 0 saturated heterocycles. The van der Waals surface area contributed by atoms with Crippen LogP contribution in [-0.2, 0) is 11.3 Å². The number of anilines is 1. The number of ether oxygens (including phenoxy) is 1. The molecular weight excluding hydrogens is 325 g/mol. The summed E-state index contributed by atoms with van der Waals surface area (Å²) in [4.78, 5) is 4.25. The molecular formula is C18H22FN3OS. The first-order valence-corrected chi connectivity index (χ1v) is 9.20. The van der Waals surface area contributed by atoms with Crippen molar-refractivity contribution in [3.05, 3.63) is 46.2 Å². The predicted molar refractivity (Wildman–Crippen MR) is 96.1 cm³/mol. The van der Waals surface area contributed by atoms with Gasteiger partial charge in [0.25, 0.3) is 0 Å². The van der Waals surface area contributed by atoms with Gasteiger partial charge in [-0.1, -0.05) is 31.4 Å². The Balaban J connectivity index is 1.53. The first-order chi connectivity index (χ1) is 11.7. The third-order valence-corrected chi connectivity index (χ3v) is 4.96. The van der Waals surface area contributed by atoms with Crippen molar-refractivity contribution >= 4 is 22.7 Å². The molecule has 0 spiro atoms. The van der Waals surface area contributed by atoms with E-state index in [0.29, 0.717) is 17.7 Å². The molecule has 0 radical (unpaired) electrons. The fourth-order valence-corrected chi connectivity index (χ4v) is 3.40. The molecule has 1 fully saturated rings. The van der Waals surface area contributed by atoms with E-state index in [1.807, 2.05) is 18.4 Å². The zero-order chi connectivity index (χ0) is 16.8. The minimum Gasteiger partial charge on any atom is -0.373 e. The van der Waals surface area contributed by atoms with E-state index in [1.54, 1.807) is 12.3 Å². The maximum absolute atomic E-state index is 14.2. The van der Waals surface area contributed by atoms with E-state index >= 15 is 0 Å². The number of benzene rings is 1. The number of nitrogens with one attached hydrogen (secondary N) is 1. The van der Waals surface area contributed by atoms with Crippen molar-refractivity contribution in [3.63, 3.8) is 0 Å². The van der Waals surface area contributed by atoms with Crippen LogP contribution in [0.1, 0.15) is 48.9 Å². The van der Waals surface area contributed by atoms with Gasteiger partial charge in [-0.05, 0) is 31.4 Å². The molecule has 6 heteroatoms. The molecule has 0 aliphatic heterocycles. The monoisotopic (exact) mass is 347 g/mol. The zero-order valence-corrected chi connectivity index (χ0v) is 14.6. The third-order valence-electron chi connectivity index (χ3n) is 4.10. The van der Waals surface area contributed by atoms with Gasteiger partial charge in [-0.25, -0.2) is 9.37 Å². The SMILES string of the molecule is Cc1csc(NN=Cc2ccc(COC3CCCCC3)c(F)c2)n1. The topological polar surface area (TPSA) is 46.5 Å². The van der Waals surface area contributed by atoms with E-state index in [2.05, 4.69) is 15.5 Å².